The van der Waals surface area contributed by atoms with Gasteiger partial charge in [-0.2, -0.15) is 0 Å². The number of aromatic amines is 1. The van der Waals surface area contributed by atoms with Crippen molar-refractivity contribution in [2.45, 2.75) is 18.9 Å². The maximum Gasteiger partial charge on any atom is 0.327 e. The van der Waals surface area contributed by atoms with E-state index < -0.39 is 0 Å². The highest BCUT2D eigenvalue weighted by Crippen LogP contribution is 2.22. The number of nitrogens with zero attached hydrogens (tertiary/aromatic N) is 4. The molecule has 0 spiro atoms. The van der Waals surface area contributed by atoms with Gasteiger partial charge < -0.3 is 0 Å². The first kappa shape index (κ1) is 10.4. The van der Waals surface area contributed by atoms with Crippen LogP contribution in [0.15, 0.2) is 17.3 Å². The first-order valence-corrected chi connectivity index (χ1v) is 5.65. The Balaban J connectivity index is 2.05. The number of H-pyrrole nitrogens is 1. The lowest BCUT2D eigenvalue weighted by molar-refractivity contribution is 0.190. The number of hydrogen-bond donors (Lipinski definition) is 2. The van der Waals surface area contributed by atoms with Crippen molar-refractivity contribution < 1.29 is 0 Å². The Labute approximate surface area is 97.2 Å². The van der Waals surface area contributed by atoms with Gasteiger partial charge in [0.1, 0.15) is 11.8 Å². The smallest absolute Gasteiger partial charge is 0.290 e. The third kappa shape index (κ3) is 1.73. The van der Waals surface area contributed by atoms with E-state index in [2.05, 4.69) is 15.0 Å². The van der Waals surface area contributed by atoms with Gasteiger partial charge in [-0.15, -0.1) is 0 Å². The summed E-state index contributed by atoms with van der Waals surface area (Å²) in [6.07, 6.45) is 4.86. The molecule has 3 rings (SSSR count). The monoisotopic (exact) mass is 234 g/mol. The lowest BCUT2D eigenvalue weighted by Gasteiger charge is -2.29. The van der Waals surface area contributed by atoms with Gasteiger partial charge in [0.05, 0.1) is 6.20 Å². The summed E-state index contributed by atoms with van der Waals surface area (Å²) in [5.74, 6) is 5.71. The quantitative estimate of drug-likeness (QED) is 0.657. The van der Waals surface area contributed by atoms with E-state index in [1.807, 2.05) is 0 Å². The van der Waals surface area contributed by atoms with Crippen LogP contribution in [-0.4, -0.2) is 37.6 Å². The number of nitrogens with one attached hydrogen (secondary N) is 1. The van der Waals surface area contributed by atoms with Crippen molar-refractivity contribution >= 4 is 11.2 Å². The van der Waals surface area contributed by atoms with E-state index in [1.165, 1.54) is 6.33 Å². The van der Waals surface area contributed by atoms with Gasteiger partial charge in [0.15, 0.2) is 5.65 Å². The summed E-state index contributed by atoms with van der Waals surface area (Å²) in [6, 6.07) is 0.182. The molecule has 3 heterocycles. The van der Waals surface area contributed by atoms with Crippen LogP contribution < -0.4 is 11.5 Å². The third-order valence-corrected chi connectivity index (χ3v) is 3.26. The van der Waals surface area contributed by atoms with Crippen LogP contribution in [0.25, 0.3) is 11.2 Å². The Hall–Kier alpha value is -1.73. The van der Waals surface area contributed by atoms with E-state index in [4.69, 9.17) is 5.84 Å². The van der Waals surface area contributed by atoms with E-state index in [0.29, 0.717) is 5.65 Å². The molecule has 7 heteroatoms. The molecule has 1 saturated heterocycles. The Kier molecular flexibility index (Phi) is 2.41. The van der Waals surface area contributed by atoms with Crippen molar-refractivity contribution in [3.05, 3.63) is 23.0 Å². The summed E-state index contributed by atoms with van der Waals surface area (Å²) in [7, 11) is 0. The van der Waals surface area contributed by atoms with Gasteiger partial charge in [0.25, 0.3) is 0 Å². The molecule has 0 radical (unpaired) electrons. The summed E-state index contributed by atoms with van der Waals surface area (Å²) in [5, 5.41) is 1.78. The van der Waals surface area contributed by atoms with Crippen molar-refractivity contribution in [1.29, 1.82) is 0 Å². The molecular weight excluding hydrogens is 220 g/mol. The van der Waals surface area contributed by atoms with Crippen LogP contribution in [0.4, 0.5) is 0 Å². The van der Waals surface area contributed by atoms with Gasteiger partial charge in [-0.05, 0) is 12.8 Å². The zero-order valence-corrected chi connectivity index (χ0v) is 9.33. The number of imidazole rings is 1. The van der Waals surface area contributed by atoms with Crippen LogP contribution in [0.1, 0.15) is 18.9 Å². The zero-order chi connectivity index (χ0) is 11.8. The summed E-state index contributed by atoms with van der Waals surface area (Å²) in [4.78, 5) is 22.7. The predicted octanol–water partition coefficient (Wildman–Crippen LogP) is -0.370. The third-order valence-electron chi connectivity index (χ3n) is 3.26. The van der Waals surface area contributed by atoms with Crippen LogP contribution in [0, 0.1) is 0 Å². The fourth-order valence-electron chi connectivity index (χ4n) is 2.37. The lowest BCUT2D eigenvalue weighted by Crippen LogP contribution is -2.40. The summed E-state index contributed by atoms with van der Waals surface area (Å²) < 4.78 is 1.75. The van der Waals surface area contributed by atoms with Crippen molar-refractivity contribution in [2.75, 3.05) is 13.1 Å². The van der Waals surface area contributed by atoms with Crippen molar-refractivity contribution in [3.8, 4) is 0 Å². The highest BCUT2D eigenvalue weighted by atomic mass is 16.1. The minimum Gasteiger partial charge on any atom is -0.290 e. The molecule has 0 amide bonds. The van der Waals surface area contributed by atoms with Gasteiger partial charge in [-0.1, -0.05) is 0 Å². The second-order valence-electron chi connectivity index (χ2n) is 4.32. The van der Waals surface area contributed by atoms with E-state index in [-0.39, 0.29) is 11.7 Å². The molecule has 0 unspecified atom stereocenters. The highest BCUT2D eigenvalue weighted by Gasteiger charge is 2.22. The number of fused-ring (bicyclic) bond motifs is 1. The van der Waals surface area contributed by atoms with Crippen LogP contribution >= 0.6 is 0 Å². The van der Waals surface area contributed by atoms with Crippen molar-refractivity contribution in [2.24, 2.45) is 5.84 Å². The minimum atomic E-state index is -0.115. The fraction of sp³-hybridized carbons (Fsp3) is 0.500. The number of rotatable bonds is 1. The van der Waals surface area contributed by atoms with Gasteiger partial charge in [0, 0.05) is 19.1 Å². The van der Waals surface area contributed by atoms with E-state index in [9.17, 15) is 4.79 Å². The van der Waals surface area contributed by atoms with Crippen molar-refractivity contribution in [1.82, 2.24) is 24.5 Å². The van der Waals surface area contributed by atoms with Gasteiger partial charge in [0.2, 0.25) is 0 Å². The highest BCUT2D eigenvalue weighted by molar-refractivity contribution is 5.69. The van der Waals surface area contributed by atoms with E-state index in [1.54, 1.807) is 15.8 Å². The first-order valence-electron chi connectivity index (χ1n) is 5.65. The maximum absolute atomic E-state index is 11.9. The number of hydrogen-bond acceptors (Lipinski definition) is 5. The van der Waals surface area contributed by atoms with Crippen LogP contribution in [-0.2, 0) is 0 Å². The molecular formula is C10H14N6O. The molecule has 0 aromatic carbocycles. The van der Waals surface area contributed by atoms with Crippen LogP contribution in [0.3, 0.4) is 0 Å². The Morgan fingerprint density at radius 3 is 2.94 bits per heavy atom. The van der Waals surface area contributed by atoms with Crippen molar-refractivity contribution in [3.63, 3.8) is 0 Å². The first-order chi connectivity index (χ1) is 8.25. The lowest BCUT2D eigenvalue weighted by atomic mass is 10.1. The molecule has 0 saturated carbocycles. The molecule has 90 valence electrons. The normalized spacial score (nSPS) is 18.9. The Morgan fingerprint density at radius 1 is 1.41 bits per heavy atom. The molecule has 1 fully saturated rings. The summed E-state index contributed by atoms with van der Waals surface area (Å²) >= 11 is 0. The molecule has 1 aliphatic rings. The standard InChI is InChI=1S/C10H14N6O/c11-15-3-1-7(2-4-15)16-8-5-12-6-13-9(8)14-10(16)17/h5-7H,1-4,11H2,(H,12,13,14,17). The molecule has 7 nitrogen and oxygen atoms in total. The SMILES string of the molecule is NN1CCC(n2c(=O)[nH]c3ncncc32)CC1. The van der Waals surface area contributed by atoms with Gasteiger partial charge in [-0.25, -0.2) is 19.8 Å². The molecule has 2 aromatic heterocycles. The number of aromatic nitrogens is 4. The van der Waals surface area contributed by atoms with Gasteiger partial charge in [-0.3, -0.25) is 15.4 Å². The topological polar surface area (TPSA) is 92.8 Å². The van der Waals surface area contributed by atoms with E-state index in [0.717, 1.165) is 31.4 Å². The summed E-state index contributed by atoms with van der Waals surface area (Å²) in [5.41, 5.74) is 1.25. The molecule has 0 aliphatic carbocycles. The second-order valence-corrected chi connectivity index (χ2v) is 4.32. The Morgan fingerprint density at radius 2 is 2.18 bits per heavy atom. The Bertz CT molecular complexity index is 580. The van der Waals surface area contributed by atoms with Crippen LogP contribution in [0.5, 0.6) is 0 Å². The van der Waals surface area contributed by atoms with Crippen LogP contribution in [0.2, 0.25) is 0 Å². The maximum atomic E-state index is 11.9. The summed E-state index contributed by atoms with van der Waals surface area (Å²) in [6.45, 7) is 1.61. The number of hydrazine groups is 1. The molecule has 3 N–H and O–H groups in total. The average Bonchev–Trinajstić information content (AvgIpc) is 2.66. The molecule has 2 aromatic rings. The van der Waals surface area contributed by atoms with Gasteiger partial charge >= 0.3 is 5.69 Å². The minimum absolute atomic E-state index is 0.115. The molecule has 17 heavy (non-hydrogen) atoms. The van der Waals surface area contributed by atoms with E-state index >= 15 is 0 Å². The molecule has 0 bridgehead atoms. The molecule has 1 aliphatic heterocycles. The zero-order valence-electron chi connectivity index (χ0n) is 9.33. The average molecular weight is 234 g/mol. The molecule has 0 atom stereocenters. The second kappa shape index (κ2) is 3.94. The number of piperidine rings is 1. The fourth-order valence-corrected chi connectivity index (χ4v) is 2.37. The predicted molar refractivity (Wildman–Crippen MR) is 62.2 cm³/mol. The number of nitrogens with two attached hydrogens (primary N) is 1. The largest absolute Gasteiger partial charge is 0.327 e.